The Kier molecular flexibility index (Phi) is 4.93. The molecule has 3 aromatic rings. The summed E-state index contributed by atoms with van der Waals surface area (Å²) >= 11 is 6.10. The van der Waals surface area contributed by atoms with Crippen LogP contribution in [-0.4, -0.2) is 22.9 Å². The molecule has 0 radical (unpaired) electrons. The van der Waals surface area contributed by atoms with Gasteiger partial charge in [-0.1, -0.05) is 35.0 Å². The molecule has 0 fully saturated rings. The lowest BCUT2D eigenvalue weighted by Gasteiger charge is -2.04. The molecule has 0 bridgehead atoms. The summed E-state index contributed by atoms with van der Waals surface area (Å²) < 4.78 is 21.0. The molecule has 1 aromatic heterocycles. The third kappa shape index (κ3) is 4.03. The molecule has 7 nitrogen and oxygen atoms in total. The van der Waals surface area contributed by atoms with Crippen LogP contribution in [0.3, 0.4) is 0 Å². The normalized spacial score (nSPS) is 12.2. The summed E-state index contributed by atoms with van der Waals surface area (Å²) in [5.74, 6) is 1.62. The van der Waals surface area contributed by atoms with Crippen molar-refractivity contribution in [2.24, 2.45) is 0 Å². The summed E-state index contributed by atoms with van der Waals surface area (Å²) in [6.07, 6.45) is 0.765. The zero-order valence-electron chi connectivity index (χ0n) is 14.2. The average molecular weight is 387 g/mol. The number of carbonyl (C=O) groups is 1. The monoisotopic (exact) mass is 386 g/mol. The van der Waals surface area contributed by atoms with Crippen LogP contribution in [0.1, 0.15) is 17.8 Å². The Balaban J connectivity index is 1.29. The van der Waals surface area contributed by atoms with E-state index in [1.54, 1.807) is 12.1 Å². The number of nitrogens with zero attached hydrogens (tertiary/aromatic N) is 2. The van der Waals surface area contributed by atoms with Crippen LogP contribution in [0.4, 0.5) is 0 Å². The number of benzene rings is 2. The largest absolute Gasteiger partial charge is 0.457 e. The lowest BCUT2D eigenvalue weighted by atomic mass is 10.1. The molecular formula is C19H15ClN2O5. The quantitative estimate of drug-likeness (QED) is 0.596. The smallest absolute Gasteiger partial charge is 0.306 e. The summed E-state index contributed by atoms with van der Waals surface area (Å²) in [4.78, 5) is 16.2. The number of fused-ring (bicyclic) bond motifs is 1. The van der Waals surface area contributed by atoms with Gasteiger partial charge in [0.25, 0.3) is 5.89 Å². The second-order valence-electron chi connectivity index (χ2n) is 5.84. The SMILES string of the molecule is O=C(CCc1ccc2c(c1)OCO2)OCc1noc(-c2ccccc2Cl)n1. The first-order chi connectivity index (χ1) is 13.2. The summed E-state index contributed by atoms with van der Waals surface area (Å²) in [7, 11) is 0. The lowest BCUT2D eigenvalue weighted by Crippen LogP contribution is -2.06. The van der Waals surface area contributed by atoms with E-state index in [1.807, 2.05) is 30.3 Å². The van der Waals surface area contributed by atoms with Crippen LogP contribution in [0.15, 0.2) is 47.0 Å². The Morgan fingerprint density at radius 2 is 2.00 bits per heavy atom. The number of aromatic nitrogens is 2. The number of esters is 1. The maximum Gasteiger partial charge on any atom is 0.306 e. The zero-order valence-corrected chi connectivity index (χ0v) is 14.9. The summed E-state index contributed by atoms with van der Waals surface area (Å²) in [5, 5.41) is 4.32. The number of carbonyl (C=O) groups excluding carboxylic acids is 1. The number of ether oxygens (including phenoxy) is 3. The molecule has 2 heterocycles. The lowest BCUT2D eigenvalue weighted by molar-refractivity contribution is -0.145. The van der Waals surface area contributed by atoms with Gasteiger partial charge in [0.15, 0.2) is 18.1 Å². The molecule has 0 saturated carbocycles. The molecule has 27 heavy (non-hydrogen) atoms. The van der Waals surface area contributed by atoms with Crippen molar-refractivity contribution in [3.8, 4) is 23.0 Å². The molecule has 138 valence electrons. The molecule has 0 amide bonds. The minimum absolute atomic E-state index is 0.0616. The van der Waals surface area contributed by atoms with Crippen LogP contribution in [-0.2, 0) is 22.6 Å². The van der Waals surface area contributed by atoms with Crippen molar-refractivity contribution in [3.63, 3.8) is 0 Å². The first-order valence-corrected chi connectivity index (χ1v) is 8.68. The fraction of sp³-hybridized carbons (Fsp3) is 0.211. The molecule has 1 aliphatic heterocycles. The predicted octanol–water partition coefficient (Wildman–Crippen LogP) is 3.79. The van der Waals surface area contributed by atoms with E-state index in [0.29, 0.717) is 28.5 Å². The minimum atomic E-state index is -0.350. The standard InChI is InChI=1S/C19H15ClN2O5/c20-14-4-2-1-3-13(14)19-21-17(22-27-19)10-24-18(23)8-6-12-5-7-15-16(9-12)26-11-25-15/h1-5,7,9H,6,8,10-11H2. The molecule has 0 N–H and O–H groups in total. The molecule has 2 aromatic carbocycles. The second kappa shape index (κ2) is 7.67. The Morgan fingerprint density at radius 3 is 2.89 bits per heavy atom. The van der Waals surface area contributed by atoms with Crippen LogP contribution in [0.25, 0.3) is 11.5 Å². The van der Waals surface area contributed by atoms with E-state index in [9.17, 15) is 4.79 Å². The van der Waals surface area contributed by atoms with Gasteiger partial charge in [-0.25, -0.2) is 0 Å². The van der Waals surface area contributed by atoms with Gasteiger partial charge in [0, 0.05) is 6.42 Å². The molecule has 0 aliphatic carbocycles. The van der Waals surface area contributed by atoms with Crippen LogP contribution in [0.5, 0.6) is 11.5 Å². The topological polar surface area (TPSA) is 83.7 Å². The van der Waals surface area contributed by atoms with Gasteiger partial charge >= 0.3 is 5.97 Å². The molecule has 0 atom stereocenters. The van der Waals surface area contributed by atoms with Crippen molar-refractivity contribution in [1.29, 1.82) is 0 Å². The van der Waals surface area contributed by atoms with Crippen molar-refractivity contribution in [3.05, 3.63) is 58.9 Å². The van der Waals surface area contributed by atoms with Gasteiger partial charge in [0.1, 0.15) is 0 Å². The average Bonchev–Trinajstić information content (AvgIpc) is 3.34. The number of rotatable bonds is 6. The Hall–Kier alpha value is -3.06. The maximum atomic E-state index is 12.0. The number of aryl methyl sites for hydroxylation is 1. The van der Waals surface area contributed by atoms with E-state index in [2.05, 4.69) is 10.1 Å². The van der Waals surface area contributed by atoms with E-state index in [-0.39, 0.29) is 37.5 Å². The molecule has 4 rings (SSSR count). The number of halogens is 1. The third-order valence-corrected chi connectivity index (χ3v) is 4.32. The highest BCUT2D eigenvalue weighted by atomic mass is 35.5. The van der Waals surface area contributed by atoms with Gasteiger partial charge in [-0.05, 0) is 36.2 Å². The molecule has 1 aliphatic rings. The molecule has 0 spiro atoms. The molecular weight excluding hydrogens is 372 g/mol. The number of hydrogen-bond donors (Lipinski definition) is 0. The fourth-order valence-electron chi connectivity index (χ4n) is 2.62. The highest BCUT2D eigenvalue weighted by Crippen LogP contribution is 2.32. The van der Waals surface area contributed by atoms with E-state index >= 15 is 0 Å². The van der Waals surface area contributed by atoms with Gasteiger partial charge < -0.3 is 18.7 Å². The van der Waals surface area contributed by atoms with Gasteiger partial charge in [-0.2, -0.15) is 4.98 Å². The first-order valence-electron chi connectivity index (χ1n) is 8.31. The highest BCUT2D eigenvalue weighted by Gasteiger charge is 2.15. The van der Waals surface area contributed by atoms with Crippen molar-refractivity contribution >= 4 is 17.6 Å². The zero-order chi connectivity index (χ0) is 18.6. The minimum Gasteiger partial charge on any atom is -0.457 e. The van der Waals surface area contributed by atoms with Gasteiger partial charge in [0.05, 0.1) is 10.6 Å². The fourth-order valence-corrected chi connectivity index (χ4v) is 2.83. The van der Waals surface area contributed by atoms with E-state index < -0.39 is 0 Å². The predicted molar refractivity (Wildman–Crippen MR) is 95.4 cm³/mol. The summed E-state index contributed by atoms with van der Waals surface area (Å²) in [5.41, 5.74) is 1.60. The Bertz CT molecular complexity index is 972. The van der Waals surface area contributed by atoms with Crippen LogP contribution >= 0.6 is 11.6 Å². The molecule has 0 unspecified atom stereocenters. The second-order valence-corrected chi connectivity index (χ2v) is 6.25. The summed E-state index contributed by atoms with van der Waals surface area (Å²) in [6, 6.07) is 12.7. The Morgan fingerprint density at radius 1 is 1.15 bits per heavy atom. The van der Waals surface area contributed by atoms with Crippen molar-refractivity contribution in [2.45, 2.75) is 19.4 Å². The van der Waals surface area contributed by atoms with Crippen molar-refractivity contribution in [2.75, 3.05) is 6.79 Å². The van der Waals surface area contributed by atoms with Gasteiger partial charge in [-0.3, -0.25) is 4.79 Å². The number of hydrogen-bond acceptors (Lipinski definition) is 7. The van der Waals surface area contributed by atoms with E-state index in [1.165, 1.54) is 0 Å². The molecule has 0 saturated heterocycles. The maximum absolute atomic E-state index is 12.0. The van der Waals surface area contributed by atoms with Gasteiger partial charge in [-0.15, -0.1) is 0 Å². The third-order valence-electron chi connectivity index (χ3n) is 3.99. The summed E-state index contributed by atoms with van der Waals surface area (Å²) in [6.45, 7) is 0.162. The van der Waals surface area contributed by atoms with E-state index in [0.717, 1.165) is 5.56 Å². The first kappa shape index (κ1) is 17.4. The Labute approximate surface area is 159 Å². The van der Waals surface area contributed by atoms with Crippen LogP contribution in [0, 0.1) is 0 Å². The van der Waals surface area contributed by atoms with Crippen LogP contribution < -0.4 is 9.47 Å². The highest BCUT2D eigenvalue weighted by molar-refractivity contribution is 6.33. The van der Waals surface area contributed by atoms with Gasteiger partial charge in [0.2, 0.25) is 12.6 Å². The van der Waals surface area contributed by atoms with Crippen LogP contribution in [0.2, 0.25) is 5.02 Å². The van der Waals surface area contributed by atoms with E-state index in [4.69, 9.17) is 30.3 Å². The molecule has 8 heteroatoms. The van der Waals surface area contributed by atoms with Crippen molar-refractivity contribution in [1.82, 2.24) is 10.1 Å². The van der Waals surface area contributed by atoms with Crippen molar-refractivity contribution < 1.29 is 23.5 Å².